The van der Waals surface area contributed by atoms with Crippen LogP contribution in [0.25, 0.3) is 0 Å². The van der Waals surface area contributed by atoms with E-state index in [0.29, 0.717) is 12.5 Å². The first-order valence-electron chi connectivity index (χ1n) is 8.52. The maximum absolute atomic E-state index is 12.4. The van der Waals surface area contributed by atoms with Gasteiger partial charge in [0.05, 0.1) is 6.54 Å². The van der Waals surface area contributed by atoms with Crippen molar-refractivity contribution in [2.75, 3.05) is 50.7 Å². The average molecular weight is 301 g/mol. The molecule has 2 fully saturated rings. The fourth-order valence-corrected chi connectivity index (χ4v) is 3.35. The van der Waals surface area contributed by atoms with Crippen molar-refractivity contribution < 1.29 is 4.79 Å². The van der Waals surface area contributed by atoms with E-state index < -0.39 is 0 Å². The Kier molecular flexibility index (Phi) is 4.98. The van der Waals surface area contributed by atoms with Crippen LogP contribution in [0.15, 0.2) is 30.3 Å². The quantitative estimate of drug-likeness (QED) is 0.855. The third-order valence-electron chi connectivity index (χ3n) is 4.99. The van der Waals surface area contributed by atoms with Gasteiger partial charge in [-0.2, -0.15) is 0 Å². The molecule has 120 valence electrons. The van der Waals surface area contributed by atoms with Crippen LogP contribution in [0.1, 0.15) is 19.8 Å². The topological polar surface area (TPSA) is 26.8 Å². The molecule has 2 saturated heterocycles. The summed E-state index contributed by atoms with van der Waals surface area (Å²) in [7, 11) is 0. The van der Waals surface area contributed by atoms with Gasteiger partial charge in [0.2, 0.25) is 5.91 Å². The Bertz CT molecular complexity index is 474. The van der Waals surface area contributed by atoms with Crippen molar-refractivity contribution in [1.29, 1.82) is 0 Å². The first kappa shape index (κ1) is 15.3. The van der Waals surface area contributed by atoms with Gasteiger partial charge >= 0.3 is 0 Å². The molecule has 22 heavy (non-hydrogen) atoms. The van der Waals surface area contributed by atoms with Gasteiger partial charge in [0, 0.05) is 45.0 Å². The van der Waals surface area contributed by atoms with Crippen LogP contribution in [0, 0.1) is 5.92 Å². The highest BCUT2D eigenvalue weighted by molar-refractivity contribution is 5.78. The van der Waals surface area contributed by atoms with Crippen LogP contribution in [0.4, 0.5) is 5.69 Å². The van der Waals surface area contributed by atoms with Gasteiger partial charge in [-0.05, 0) is 30.9 Å². The second-order valence-corrected chi connectivity index (χ2v) is 6.66. The SMILES string of the molecule is CC1CCN(C(=O)CN2CCN(c3ccccc3)CC2)CC1. The van der Waals surface area contributed by atoms with Crippen molar-refractivity contribution in [2.24, 2.45) is 5.92 Å². The number of para-hydroxylation sites is 1. The summed E-state index contributed by atoms with van der Waals surface area (Å²) in [6, 6.07) is 10.6. The van der Waals surface area contributed by atoms with Crippen molar-refractivity contribution in [2.45, 2.75) is 19.8 Å². The van der Waals surface area contributed by atoms with E-state index in [1.165, 1.54) is 5.69 Å². The van der Waals surface area contributed by atoms with Gasteiger partial charge in [0.15, 0.2) is 0 Å². The minimum atomic E-state index is 0.320. The lowest BCUT2D eigenvalue weighted by Gasteiger charge is -2.37. The first-order valence-corrected chi connectivity index (χ1v) is 8.52. The molecule has 0 atom stereocenters. The lowest BCUT2D eigenvalue weighted by Crippen LogP contribution is -2.51. The van der Waals surface area contributed by atoms with Gasteiger partial charge in [-0.25, -0.2) is 0 Å². The van der Waals surface area contributed by atoms with Gasteiger partial charge < -0.3 is 9.80 Å². The molecule has 1 aromatic rings. The molecule has 0 aromatic heterocycles. The number of hydrogen-bond donors (Lipinski definition) is 0. The highest BCUT2D eigenvalue weighted by Crippen LogP contribution is 2.18. The molecule has 4 heteroatoms. The second kappa shape index (κ2) is 7.14. The molecule has 0 aliphatic carbocycles. The summed E-state index contributed by atoms with van der Waals surface area (Å²) in [5.41, 5.74) is 1.29. The Morgan fingerprint density at radius 2 is 1.64 bits per heavy atom. The zero-order valence-electron chi connectivity index (χ0n) is 13.6. The number of carbonyl (C=O) groups is 1. The fourth-order valence-electron chi connectivity index (χ4n) is 3.35. The molecule has 1 amide bonds. The van der Waals surface area contributed by atoms with Crippen LogP contribution < -0.4 is 4.90 Å². The summed E-state index contributed by atoms with van der Waals surface area (Å²) < 4.78 is 0. The number of amides is 1. The van der Waals surface area contributed by atoms with Crippen molar-refractivity contribution in [1.82, 2.24) is 9.80 Å². The van der Waals surface area contributed by atoms with Gasteiger partial charge in [0.25, 0.3) is 0 Å². The van der Waals surface area contributed by atoms with Gasteiger partial charge in [0.1, 0.15) is 0 Å². The van der Waals surface area contributed by atoms with E-state index in [-0.39, 0.29) is 0 Å². The van der Waals surface area contributed by atoms with Gasteiger partial charge in [-0.3, -0.25) is 9.69 Å². The number of rotatable bonds is 3. The summed E-state index contributed by atoms with van der Waals surface area (Å²) >= 11 is 0. The predicted octanol–water partition coefficient (Wildman–Crippen LogP) is 2.07. The molecule has 0 spiro atoms. The summed E-state index contributed by atoms with van der Waals surface area (Å²) in [5.74, 6) is 1.10. The van der Waals surface area contributed by atoms with E-state index in [4.69, 9.17) is 0 Å². The summed E-state index contributed by atoms with van der Waals surface area (Å²) in [4.78, 5) is 19.2. The lowest BCUT2D eigenvalue weighted by molar-refractivity contribution is -0.133. The summed E-state index contributed by atoms with van der Waals surface area (Å²) in [6.45, 7) is 8.74. The van der Waals surface area contributed by atoms with E-state index in [0.717, 1.165) is 58.0 Å². The Morgan fingerprint density at radius 1 is 1.00 bits per heavy atom. The highest BCUT2D eigenvalue weighted by Gasteiger charge is 2.24. The van der Waals surface area contributed by atoms with Crippen LogP contribution in [-0.2, 0) is 4.79 Å². The lowest BCUT2D eigenvalue weighted by atomic mass is 9.99. The molecule has 4 nitrogen and oxygen atoms in total. The maximum atomic E-state index is 12.4. The summed E-state index contributed by atoms with van der Waals surface area (Å²) in [5, 5.41) is 0. The molecule has 0 N–H and O–H groups in total. The molecule has 0 radical (unpaired) electrons. The average Bonchev–Trinajstić information content (AvgIpc) is 2.57. The van der Waals surface area contributed by atoms with Crippen LogP contribution >= 0.6 is 0 Å². The molecular weight excluding hydrogens is 274 g/mol. The number of benzene rings is 1. The Labute approximate surface area is 133 Å². The van der Waals surface area contributed by atoms with Crippen molar-refractivity contribution >= 4 is 11.6 Å². The van der Waals surface area contributed by atoms with Gasteiger partial charge in [-0.1, -0.05) is 25.1 Å². The third-order valence-corrected chi connectivity index (χ3v) is 4.99. The van der Waals surface area contributed by atoms with Crippen LogP contribution in [0.3, 0.4) is 0 Å². The molecule has 0 saturated carbocycles. The van der Waals surface area contributed by atoms with Gasteiger partial charge in [-0.15, -0.1) is 0 Å². The standard InChI is InChI=1S/C18H27N3O/c1-16-7-9-21(10-8-16)18(22)15-19-11-13-20(14-12-19)17-5-3-2-4-6-17/h2-6,16H,7-15H2,1H3. The minimum Gasteiger partial charge on any atom is -0.369 e. The molecule has 3 rings (SSSR count). The Balaban J connectivity index is 1.45. The largest absolute Gasteiger partial charge is 0.369 e. The van der Waals surface area contributed by atoms with Crippen molar-refractivity contribution in [3.63, 3.8) is 0 Å². The first-order chi connectivity index (χ1) is 10.7. The molecule has 0 bridgehead atoms. The van der Waals surface area contributed by atoms with E-state index in [1.54, 1.807) is 0 Å². The third kappa shape index (κ3) is 3.80. The zero-order valence-corrected chi connectivity index (χ0v) is 13.6. The summed E-state index contributed by atoms with van der Waals surface area (Å²) in [6.07, 6.45) is 2.32. The molecule has 2 aliphatic heterocycles. The number of piperidine rings is 1. The number of anilines is 1. The second-order valence-electron chi connectivity index (χ2n) is 6.66. The number of carbonyl (C=O) groups excluding carboxylic acids is 1. The fraction of sp³-hybridized carbons (Fsp3) is 0.611. The van der Waals surface area contributed by atoms with E-state index in [9.17, 15) is 4.79 Å². The minimum absolute atomic E-state index is 0.320. The number of piperazine rings is 1. The van der Waals surface area contributed by atoms with Crippen molar-refractivity contribution in [3.8, 4) is 0 Å². The monoisotopic (exact) mass is 301 g/mol. The predicted molar refractivity (Wildman–Crippen MR) is 90.1 cm³/mol. The van der Waals surface area contributed by atoms with Crippen LogP contribution in [-0.4, -0.2) is 61.5 Å². The molecule has 0 unspecified atom stereocenters. The van der Waals surface area contributed by atoms with Crippen LogP contribution in [0.5, 0.6) is 0 Å². The van der Waals surface area contributed by atoms with Crippen molar-refractivity contribution in [3.05, 3.63) is 30.3 Å². The van der Waals surface area contributed by atoms with E-state index >= 15 is 0 Å². The Morgan fingerprint density at radius 3 is 2.27 bits per heavy atom. The smallest absolute Gasteiger partial charge is 0.236 e. The molecular formula is C18H27N3O. The van der Waals surface area contributed by atoms with E-state index in [1.807, 2.05) is 0 Å². The zero-order chi connectivity index (χ0) is 15.4. The molecule has 1 aromatic carbocycles. The number of hydrogen-bond acceptors (Lipinski definition) is 3. The maximum Gasteiger partial charge on any atom is 0.236 e. The number of nitrogens with zero attached hydrogens (tertiary/aromatic N) is 3. The van der Waals surface area contributed by atoms with Crippen LogP contribution in [0.2, 0.25) is 0 Å². The molecule has 2 heterocycles. The Hall–Kier alpha value is -1.55. The van der Waals surface area contributed by atoms with E-state index in [2.05, 4.69) is 52.0 Å². The highest BCUT2D eigenvalue weighted by atomic mass is 16.2. The molecule has 2 aliphatic rings. The number of likely N-dealkylation sites (tertiary alicyclic amines) is 1. The normalized spacial score (nSPS) is 21.1.